The van der Waals surface area contributed by atoms with E-state index in [2.05, 4.69) is 20.4 Å². The molecule has 1 amide bonds. The Morgan fingerprint density at radius 1 is 1.03 bits per heavy atom. The minimum Gasteiger partial charge on any atom is -0.406 e. The number of ether oxygens (including phenoxy) is 1. The highest BCUT2D eigenvalue weighted by Crippen LogP contribution is 2.26. The van der Waals surface area contributed by atoms with Crippen molar-refractivity contribution in [2.75, 3.05) is 16.4 Å². The number of carbonyl (C=O) groups excluding carboxylic acids is 1. The predicted octanol–water partition coefficient (Wildman–Crippen LogP) is 4.70. The number of hydrogen-bond acceptors (Lipinski definition) is 5. The first-order chi connectivity index (χ1) is 13.7. The van der Waals surface area contributed by atoms with Gasteiger partial charge in [-0.2, -0.15) is 0 Å². The van der Waals surface area contributed by atoms with E-state index in [0.29, 0.717) is 0 Å². The van der Waals surface area contributed by atoms with Gasteiger partial charge in [0.1, 0.15) is 23.1 Å². The molecule has 0 spiro atoms. The van der Waals surface area contributed by atoms with Crippen molar-refractivity contribution in [3.63, 3.8) is 0 Å². The van der Waals surface area contributed by atoms with Crippen molar-refractivity contribution in [3.05, 3.63) is 72.2 Å². The second-order valence-corrected chi connectivity index (χ2v) is 5.81. The predicted molar refractivity (Wildman–Crippen MR) is 99.4 cm³/mol. The van der Waals surface area contributed by atoms with Crippen LogP contribution in [0.15, 0.2) is 60.7 Å². The van der Waals surface area contributed by atoms with E-state index in [9.17, 15) is 22.4 Å². The number of halogens is 4. The molecule has 0 atom stereocenters. The molecule has 0 bridgehead atoms. The number of pyridine rings is 1. The maximum atomic E-state index is 13.8. The molecular weight excluding hydrogens is 392 g/mol. The Labute approximate surface area is 162 Å². The lowest BCUT2D eigenvalue weighted by molar-refractivity contribution is -0.274. The van der Waals surface area contributed by atoms with E-state index >= 15 is 0 Å². The van der Waals surface area contributed by atoms with Gasteiger partial charge < -0.3 is 21.1 Å². The highest BCUT2D eigenvalue weighted by Gasteiger charge is 2.31. The Morgan fingerprint density at radius 3 is 2.52 bits per heavy atom. The number of carbonyl (C=O) groups is 1. The first-order valence-corrected chi connectivity index (χ1v) is 8.16. The Balaban J connectivity index is 1.78. The highest BCUT2D eigenvalue weighted by atomic mass is 19.4. The zero-order chi connectivity index (χ0) is 21.0. The number of nitrogen functional groups attached to an aromatic ring is 1. The average molecular weight is 406 g/mol. The van der Waals surface area contributed by atoms with Crippen LogP contribution in [0.5, 0.6) is 5.75 Å². The van der Waals surface area contributed by atoms with Crippen LogP contribution in [-0.2, 0) is 0 Å². The summed E-state index contributed by atoms with van der Waals surface area (Å²) in [6.45, 7) is 0. The largest absolute Gasteiger partial charge is 0.573 e. The van der Waals surface area contributed by atoms with Crippen molar-refractivity contribution in [1.82, 2.24) is 4.98 Å². The lowest BCUT2D eigenvalue weighted by atomic mass is 10.2. The first-order valence-electron chi connectivity index (χ1n) is 8.16. The van der Waals surface area contributed by atoms with Crippen LogP contribution in [0.2, 0.25) is 0 Å². The molecule has 0 saturated heterocycles. The summed E-state index contributed by atoms with van der Waals surface area (Å²) in [5.41, 5.74) is 6.03. The van der Waals surface area contributed by atoms with Crippen molar-refractivity contribution in [2.24, 2.45) is 0 Å². The quantitative estimate of drug-likeness (QED) is 0.535. The third-order valence-corrected chi connectivity index (χ3v) is 3.54. The number of aromatic nitrogens is 1. The smallest absolute Gasteiger partial charge is 0.406 e. The number of anilines is 4. The molecule has 0 unspecified atom stereocenters. The molecule has 1 heterocycles. The Hall–Kier alpha value is -3.82. The summed E-state index contributed by atoms with van der Waals surface area (Å²) >= 11 is 0. The van der Waals surface area contributed by atoms with Gasteiger partial charge in [0.05, 0.1) is 5.69 Å². The topological polar surface area (TPSA) is 89.3 Å². The van der Waals surface area contributed by atoms with Crippen LogP contribution < -0.4 is 21.1 Å². The molecular formula is C19H14F4N4O2. The van der Waals surface area contributed by atoms with Crippen molar-refractivity contribution < 1.29 is 27.1 Å². The first kappa shape index (κ1) is 19.9. The fraction of sp³-hybridized carbons (Fsp3) is 0.0526. The van der Waals surface area contributed by atoms with Gasteiger partial charge in [-0.05, 0) is 30.3 Å². The van der Waals surface area contributed by atoms with Gasteiger partial charge in [0.2, 0.25) is 0 Å². The van der Waals surface area contributed by atoms with E-state index in [0.717, 1.165) is 12.1 Å². The van der Waals surface area contributed by atoms with Gasteiger partial charge in [0.25, 0.3) is 5.91 Å². The summed E-state index contributed by atoms with van der Waals surface area (Å²) in [6.07, 6.45) is -4.86. The minimum absolute atomic E-state index is 0.0598. The van der Waals surface area contributed by atoms with Crippen LogP contribution >= 0.6 is 0 Å². The van der Waals surface area contributed by atoms with Crippen molar-refractivity contribution in [1.29, 1.82) is 0 Å². The lowest BCUT2D eigenvalue weighted by Gasteiger charge is -2.12. The van der Waals surface area contributed by atoms with Gasteiger partial charge in [0.15, 0.2) is 0 Å². The lowest BCUT2D eigenvalue weighted by Crippen LogP contribution is -2.18. The zero-order valence-corrected chi connectivity index (χ0v) is 14.6. The SMILES string of the molecule is Nc1cc(Nc2ccccc2F)nc(C(=O)Nc2cccc(OC(F)(F)F)c2)c1. The van der Waals surface area contributed by atoms with E-state index in [-0.39, 0.29) is 28.6 Å². The van der Waals surface area contributed by atoms with Gasteiger partial charge in [-0.25, -0.2) is 9.37 Å². The summed E-state index contributed by atoms with van der Waals surface area (Å²) < 4.78 is 54.6. The standard InChI is InChI=1S/C19H14F4N4O2/c20-14-6-1-2-7-15(14)26-17-9-11(24)8-16(27-17)18(28)25-12-4-3-5-13(10-12)29-19(21,22)23/h1-10H,(H,25,28)(H3,24,26,27). The molecule has 3 aromatic rings. The second-order valence-electron chi connectivity index (χ2n) is 5.81. The van der Waals surface area contributed by atoms with E-state index in [4.69, 9.17) is 5.73 Å². The monoisotopic (exact) mass is 406 g/mol. The minimum atomic E-state index is -4.86. The number of amides is 1. The number of nitrogens with two attached hydrogens (primary N) is 1. The van der Waals surface area contributed by atoms with Crippen LogP contribution in [-0.4, -0.2) is 17.3 Å². The molecule has 29 heavy (non-hydrogen) atoms. The Morgan fingerprint density at radius 2 is 1.79 bits per heavy atom. The molecule has 10 heteroatoms. The molecule has 150 valence electrons. The summed E-state index contributed by atoms with van der Waals surface area (Å²) in [4.78, 5) is 16.5. The number of nitrogens with zero attached hydrogens (tertiary/aromatic N) is 1. The van der Waals surface area contributed by atoms with Crippen LogP contribution in [0, 0.1) is 5.82 Å². The molecule has 0 aliphatic heterocycles. The normalized spacial score (nSPS) is 11.0. The fourth-order valence-electron chi connectivity index (χ4n) is 2.40. The van der Waals surface area contributed by atoms with Gasteiger partial charge in [-0.15, -0.1) is 13.2 Å². The summed E-state index contributed by atoms with van der Waals surface area (Å²) in [7, 11) is 0. The molecule has 0 radical (unpaired) electrons. The summed E-state index contributed by atoms with van der Waals surface area (Å²) in [5, 5.41) is 5.12. The molecule has 0 saturated carbocycles. The number of rotatable bonds is 5. The van der Waals surface area contributed by atoms with Crippen LogP contribution in [0.25, 0.3) is 0 Å². The van der Waals surface area contributed by atoms with Crippen molar-refractivity contribution >= 4 is 28.8 Å². The molecule has 6 nitrogen and oxygen atoms in total. The molecule has 3 rings (SSSR count). The van der Waals surface area contributed by atoms with Crippen LogP contribution in [0.4, 0.5) is 40.4 Å². The zero-order valence-electron chi connectivity index (χ0n) is 14.6. The molecule has 0 fully saturated rings. The Kier molecular flexibility index (Phi) is 5.53. The van der Waals surface area contributed by atoms with Gasteiger partial charge in [0, 0.05) is 23.5 Å². The number of hydrogen-bond donors (Lipinski definition) is 3. The van der Waals surface area contributed by atoms with Gasteiger partial charge in [-0.3, -0.25) is 4.79 Å². The third-order valence-electron chi connectivity index (χ3n) is 3.54. The molecule has 0 aliphatic carbocycles. The molecule has 4 N–H and O–H groups in total. The molecule has 2 aromatic carbocycles. The fourth-order valence-corrected chi connectivity index (χ4v) is 2.40. The third kappa shape index (κ3) is 5.58. The van der Waals surface area contributed by atoms with E-state index in [1.54, 1.807) is 6.07 Å². The van der Waals surface area contributed by atoms with Gasteiger partial charge >= 0.3 is 6.36 Å². The molecule has 0 aliphatic rings. The number of para-hydroxylation sites is 1. The van der Waals surface area contributed by atoms with Crippen LogP contribution in [0.1, 0.15) is 10.5 Å². The van der Waals surface area contributed by atoms with Crippen molar-refractivity contribution in [3.8, 4) is 5.75 Å². The number of alkyl halides is 3. The number of nitrogens with one attached hydrogen (secondary N) is 2. The number of benzene rings is 2. The average Bonchev–Trinajstić information content (AvgIpc) is 2.62. The maximum absolute atomic E-state index is 13.8. The van der Waals surface area contributed by atoms with E-state index in [1.807, 2.05) is 0 Å². The molecule has 1 aromatic heterocycles. The highest BCUT2D eigenvalue weighted by molar-refractivity contribution is 6.03. The van der Waals surface area contributed by atoms with Gasteiger partial charge in [-0.1, -0.05) is 18.2 Å². The maximum Gasteiger partial charge on any atom is 0.573 e. The van der Waals surface area contributed by atoms with E-state index < -0.39 is 23.8 Å². The summed E-state index contributed by atoms with van der Waals surface area (Å²) in [5.74, 6) is -1.62. The van der Waals surface area contributed by atoms with Crippen LogP contribution in [0.3, 0.4) is 0 Å². The summed E-state index contributed by atoms with van der Waals surface area (Å²) in [6, 6.07) is 13.3. The van der Waals surface area contributed by atoms with E-state index in [1.165, 1.54) is 42.5 Å². The second kappa shape index (κ2) is 8.05. The van der Waals surface area contributed by atoms with Crippen molar-refractivity contribution in [2.45, 2.75) is 6.36 Å². The Bertz CT molecular complexity index is 1040.